The Hall–Kier alpha value is -1.94. The van der Waals surface area contributed by atoms with Gasteiger partial charge >= 0.3 is 45.2 Å². The van der Waals surface area contributed by atoms with Gasteiger partial charge in [-0.2, -0.15) is 39.2 Å². The zero-order valence-electron chi connectivity index (χ0n) is 17.2. The maximum absolute atomic E-state index is 13.7. The van der Waals surface area contributed by atoms with E-state index in [1.54, 1.807) is 0 Å². The first-order valence-corrected chi connectivity index (χ1v) is 9.91. The molecule has 8 nitrogen and oxygen atoms in total. The highest BCUT2D eigenvalue weighted by Gasteiger charge is 2.69. The van der Waals surface area contributed by atoms with E-state index in [-0.39, 0.29) is 0 Å². The predicted molar refractivity (Wildman–Crippen MR) is 92.2 cm³/mol. The smallest absolute Gasteiger partial charge is 0.455 e. The van der Waals surface area contributed by atoms with Gasteiger partial charge in [0, 0.05) is 12.0 Å². The number of carbonyl (C=O) groups is 2. The minimum Gasteiger partial charge on any atom is -0.455 e. The van der Waals surface area contributed by atoms with Crippen LogP contribution < -0.4 is 0 Å². The summed E-state index contributed by atoms with van der Waals surface area (Å²) in [6, 6.07) is 0. The van der Waals surface area contributed by atoms with Crippen molar-refractivity contribution in [2.45, 2.75) is 69.3 Å². The van der Waals surface area contributed by atoms with Crippen LogP contribution >= 0.6 is 0 Å². The van der Waals surface area contributed by atoms with Crippen LogP contribution in [-0.4, -0.2) is 60.3 Å². The summed E-state index contributed by atoms with van der Waals surface area (Å²) >= 11 is 0. The molecule has 16 heteroatoms. The Morgan fingerprint density at radius 1 is 0.969 bits per heavy atom. The van der Waals surface area contributed by atoms with Crippen molar-refractivity contribution in [1.82, 2.24) is 0 Å². The van der Waals surface area contributed by atoms with Gasteiger partial charge in [0.25, 0.3) is 0 Å². The molecule has 0 fully saturated rings. The third-order valence-corrected chi connectivity index (χ3v) is 4.26. The molecular formula is C16H21F7O8S. The summed E-state index contributed by atoms with van der Waals surface area (Å²) < 4.78 is 136. The quantitative estimate of drug-likeness (QED) is 0.119. The van der Waals surface area contributed by atoms with E-state index in [9.17, 15) is 48.7 Å². The average molecular weight is 506 g/mol. The van der Waals surface area contributed by atoms with Crippen LogP contribution in [-0.2, 0) is 33.9 Å². The number of carbonyl (C=O) groups excluding carboxylic acids is 2. The predicted octanol–water partition coefficient (Wildman–Crippen LogP) is 3.62. The Labute approximate surface area is 178 Å². The molecule has 0 aromatic rings. The summed E-state index contributed by atoms with van der Waals surface area (Å²) in [6.45, 7) is 5.81. The molecule has 0 aromatic heterocycles. The molecule has 0 amide bonds. The highest BCUT2D eigenvalue weighted by molar-refractivity contribution is 7.87. The molecule has 32 heavy (non-hydrogen) atoms. The second-order valence-corrected chi connectivity index (χ2v) is 8.90. The molecule has 0 spiro atoms. The zero-order valence-corrected chi connectivity index (χ0v) is 18.0. The Morgan fingerprint density at radius 3 is 1.78 bits per heavy atom. The molecule has 0 saturated carbocycles. The largest absolute Gasteiger partial charge is 0.468 e. The van der Waals surface area contributed by atoms with Crippen LogP contribution in [0.25, 0.3) is 0 Å². The minimum atomic E-state index is -6.57. The van der Waals surface area contributed by atoms with Crippen molar-refractivity contribution < 1.29 is 67.5 Å². The van der Waals surface area contributed by atoms with Gasteiger partial charge in [-0.15, -0.1) is 0 Å². The van der Waals surface area contributed by atoms with Gasteiger partial charge in [-0.3, -0.25) is 4.55 Å². The Balaban J connectivity index is 5.88. The highest BCUT2D eigenvalue weighted by atomic mass is 32.2. The maximum atomic E-state index is 13.7. The lowest BCUT2D eigenvalue weighted by atomic mass is 10.1. The third-order valence-electron chi connectivity index (χ3n) is 3.32. The van der Waals surface area contributed by atoms with Gasteiger partial charge in [0.1, 0.15) is 5.60 Å². The lowest BCUT2D eigenvalue weighted by Gasteiger charge is -2.34. The molecular weight excluding hydrogens is 485 g/mol. The van der Waals surface area contributed by atoms with Crippen LogP contribution in [0.3, 0.4) is 0 Å². The van der Waals surface area contributed by atoms with Gasteiger partial charge in [-0.25, -0.2) is 9.59 Å². The van der Waals surface area contributed by atoms with E-state index in [0.717, 1.165) is 27.7 Å². The fraction of sp³-hybridized carbons (Fsp3) is 0.750. The van der Waals surface area contributed by atoms with Gasteiger partial charge in [-0.05, 0) is 34.1 Å². The summed E-state index contributed by atoms with van der Waals surface area (Å²) in [5, 5.41) is -5.96. The minimum absolute atomic E-state index is 0.620. The SMILES string of the molecule is C=C(C)C(=O)OC(OCCCC(F)(F)C(F)(F)S(=O)(=O)O)(C(=O)OC(C)(C)C)C(F)(F)F. The average Bonchev–Trinajstić information content (AvgIpc) is 2.53. The first-order chi connectivity index (χ1) is 13.9. The summed E-state index contributed by atoms with van der Waals surface area (Å²) in [6.07, 6.45) is -9.33. The molecule has 0 aliphatic rings. The van der Waals surface area contributed by atoms with E-state index in [4.69, 9.17) is 4.55 Å². The molecule has 1 N–H and O–H groups in total. The van der Waals surface area contributed by atoms with Crippen LogP contribution in [0.2, 0.25) is 0 Å². The topological polar surface area (TPSA) is 116 Å². The number of ether oxygens (including phenoxy) is 3. The van der Waals surface area contributed by atoms with Crippen LogP contribution in [0.1, 0.15) is 40.5 Å². The number of hydrogen-bond acceptors (Lipinski definition) is 7. The van der Waals surface area contributed by atoms with E-state index in [0.29, 0.717) is 0 Å². The monoisotopic (exact) mass is 506 g/mol. The number of alkyl halides is 7. The van der Waals surface area contributed by atoms with Crippen LogP contribution in [0.5, 0.6) is 0 Å². The summed E-state index contributed by atoms with van der Waals surface area (Å²) in [5.41, 5.74) is -2.19. The first-order valence-electron chi connectivity index (χ1n) is 8.47. The van der Waals surface area contributed by atoms with E-state index in [1.165, 1.54) is 0 Å². The number of halogens is 7. The van der Waals surface area contributed by atoms with Gasteiger partial charge in [0.15, 0.2) is 0 Å². The molecule has 188 valence electrons. The molecule has 0 aliphatic heterocycles. The Bertz CT molecular complexity index is 830. The van der Waals surface area contributed by atoms with Crippen LogP contribution in [0.4, 0.5) is 30.7 Å². The summed E-state index contributed by atoms with van der Waals surface area (Å²) in [7, 11) is -6.57. The van der Waals surface area contributed by atoms with E-state index in [1.807, 2.05) is 0 Å². The molecule has 1 unspecified atom stereocenters. The molecule has 1 atom stereocenters. The fourth-order valence-electron chi connectivity index (χ4n) is 1.79. The molecule has 0 bridgehead atoms. The van der Waals surface area contributed by atoms with Crippen molar-refractivity contribution in [2.24, 2.45) is 0 Å². The molecule has 0 rings (SSSR count). The summed E-state index contributed by atoms with van der Waals surface area (Å²) in [5.74, 6) is -14.0. The van der Waals surface area contributed by atoms with E-state index < -0.39 is 75.8 Å². The molecule has 0 radical (unpaired) electrons. The Kier molecular flexibility index (Phi) is 8.93. The van der Waals surface area contributed by atoms with Crippen LogP contribution in [0.15, 0.2) is 12.2 Å². The van der Waals surface area contributed by atoms with Crippen molar-refractivity contribution in [1.29, 1.82) is 0 Å². The van der Waals surface area contributed by atoms with Crippen molar-refractivity contribution in [3.63, 3.8) is 0 Å². The zero-order chi connectivity index (χ0) is 26.0. The summed E-state index contributed by atoms with van der Waals surface area (Å²) in [4.78, 5) is 23.9. The maximum Gasteiger partial charge on any atom is 0.468 e. The molecule has 0 aliphatic carbocycles. The second-order valence-electron chi connectivity index (χ2n) is 7.43. The standard InChI is InChI=1S/C16H21F7O8S/c1-9(2)10(24)30-14(15(19,20)21,11(25)31-12(3,4)5)29-8-6-7-13(17,18)16(22,23)32(26,27)28/h1,6-8H2,2-5H3,(H,26,27,28). The molecule has 0 saturated heterocycles. The van der Waals surface area contributed by atoms with Gasteiger partial charge in [-0.1, -0.05) is 6.58 Å². The van der Waals surface area contributed by atoms with Crippen molar-refractivity contribution in [3.8, 4) is 0 Å². The van der Waals surface area contributed by atoms with Gasteiger partial charge in [0.05, 0.1) is 6.61 Å². The normalized spacial score (nSPS) is 15.6. The number of hydrogen-bond donors (Lipinski definition) is 1. The van der Waals surface area contributed by atoms with Crippen molar-refractivity contribution in [2.75, 3.05) is 6.61 Å². The van der Waals surface area contributed by atoms with Crippen molar-refractivity contribution in [3.05, 3.63) is 12.2 Å². The van der Waals surface area contributed by atoms with Crippen LogP contribution in [0, 0.1) is 0 Å². The van der Waals surface area contributed by atoms with E-state index >= 15 is 0 Å². The molecule has 0 aromatic carbocycles. The number of esters is 2. The first kappa shape index (κ1) is 30.1. The Morgan fingerprint density at radius 2 is 1.44 bits per heavy atom. The van der Waals surface area contributed by atoms with Gasteiger partial charge < -0.3 is 14.2 Å². The lowest BCUT2D eigenvalue weighted by molar-refractivity contribution is -0.357. The van der Waals surface area contributed by atoms with E-state index in [2.05, 4.69) is 20.8 Å². The van der Waals surface area contributed by atoms with Gasteiger partial charge in [0.2, 0.25) is 0 Å². The second kappa shape index (κ2) is 9.51. The van der Waals surface area contributed by atoms with Crippen molar-refractivity contribution >= 4 is 22.1 Å². The fourth-order valence-corrected chi connectivity index (χ4v) is 2.27. The molecule has 0 heterocycles. The highest BCUT2D eigenvalue weighted by Crippen LogP contribution is 2.42. The third kappa shape index (κ3) is 7.03. The lowest BCUT2D eigenvalue weighted by Crippen LogP contribution is -2.59. The number of rotatable bonds is 10.